The van der Waals surface area contributed by atoms with Gasteiger partial charge in [-0.1, -0.05) is 0 Å². The van der Waals surface area contributed by atoms with E-state index in [0.717, 1.165) is 46.9 Å². The molecule has 1 aromatic carbocycles. The number of imidazole rings is 1. The molecule has 2 aromatic heterocycles. The van der Waals surface area contributed by atoms with Crippen LogP contribution in [0, 0.1) is 0 Å². The Morgan fingerprint density at radius 2 is 1.83 bits per heavy atom. The summed E-state index contributed by atoms with van der Waals surface area (Å²) in [6.07, 6.45) is 4.44. The van der Waals surface area contributed by atoms with Crippen LogP contribution in [-0.2, 0) is 6.54 Å². The molecule has 0 saturated carbocycles. The maximum atomic E-state index is 5.71. The van der Waals surface area contributed by atoms with Crippen molar-refractivity contribution >= 4 is 11.0 Å². The Labute approximate surface area is 133 Å². The van der Waals surface area contributed by atoms with Crippen molar-refractivity contribution < 1.29 is 9.47 Å². The van der Waals surface area contributed by atoms with Gasteiger partial charge in [-0.05, 0) is 25.1 Å². The van der Waals surface area contributed by atoms with Crippen LogP contribution in [-0.4, -0.2) is 34.3 Å². The number of hydrogen-bond donors (Lipinski definition) is 1. The van der Waals surface area contributed by atoms with Crippen molar-refractivity contribution in [1.29, 1.82) is 0 Å². The van der Waals surface area contributed by atoms with Gasteiger partial charge < -0.3 is 19.8 Å². The van der Waals surface area contributed by atoms with Crippen LogP contribution < -0.4 is 15.2 Å². The second-order valence-electron chi connectivity index (χ2n) is 5.45. The summed E-state index contributed by atoms with van der Waals surface area (Å²) in [7, 11) is 0. The summed E-state index contributed by atoms with van der Waals surface area (Å²) in [5, 5.41) is 0. The molecule has 0 aliphatic carbocycles. The van der Waals surface area contributed by atoms with Crippen molar-refractivity contribution in [2.45, 2.75) is 13.0 Å². The Balaban J connectivity index is 1.90. The number of fused-ring (bicyclic) bond motifs is 2. The first-order valence-corrected chi connectivity index (χ1v) is 7.77. The maximum absolute atomic E-state index is 5.71. The normalized spacial score (nSPS) is 13.4. The molecule has 118 valence electrons. The zero-order chi connectivity index (χ0) is 15.6. The second kappa shape index (κ2) is 5.89. The largest absolute Gasteiger partial charge is 0.486 e. The molecule has 1 aliphatic heterocycles. The van der Waals surface area contributed by atoms with E-state index in [4.69, 9.17) is 20.2 Å². The van der Waals surface area contributed by atoms with Crippen LogP contribution in [0.25, 0.3) is 22.4 Å². The highest BCUT2D eigenvalue weighted by molar-refractivity contribution is 5.84. The van der Waals surface area contributed by atoms with E-state index >= 15 is 0 Å². The summed E-state index contributed by atoms with van der Waals surface area (Å²) < 4.78 is 13.6. The van der Waals surface area contributed by atoms with Crippen molar-refractivity contribution in [2.75, 3.05) is 19.8 Å². The molecule has 0 bridgehead atoms. The van der Waals surface area contributed by atoms with Crippen molar-refractivity contribution in [3.05, 3.63) is 36.7 Å². The van der Waals surface area contributed by atoms with Crippen LogP contribution in [0.4, 0.5) is 0 Å². The summed E-state index contributed by atoms with van der Waals surface area (Å²) in [4.78, 5) is 8.89. The van der Waals surface area contributed by atoms with Gasteiger partial charge in [0.2, 0.25) is 0 Å². The number of nitrogens with two attached hydrogens (primary N) is 1. The van der Waals surface area contributed by atoms with Crippen LogP contribution in [0.15, 0.2) is 36.7 Å². The molecule has 1 aliphatic rings. The Hall–Kier alpha value is -2.60. The summed E-state index contributed by atoms with van der Waals surface area (Å²) in [5.41, 5.74) is 8.67. The first-order chi connectivity index (χ1) is 11.4. The fourth-order valence-electron chi connectivity index (χ4n) is 2.86. The number of aryl methyl sites for hydroxylation is 1. The lowest BCUT2D eigenvalue weighted by molar-refractivity contribution is 0.172. The van der Waals surface area contributed by atoms with Gasteiger partial charge in [-0.25, -0.2) is 4.98 Å². The molecule has 6 nitrogen and oxygen atoms in total. The van der Waals surface area contributed by atoms with Crippen LogP contribution in [0.3, 0.4) is 0 Å². The van der Waals surface area contributed by atoms with Gasteiger partial charge in [0.15, 0.2) is 11.5 Å². The standard InChI is InChI=1S/C17H18N4O2/c18-4-1-7-21-14-11-16-15(22-8-9-23-16)10-13(14)20-17(21)12-2-5-19-6-3-12/h2-3,5-6,10-11H,1,4,7-9,18H2. The molecule has 0 fully saturated rings. The van der Waals surface area contributed by atoms with E-state index in [1.165, 1.54) is 0 Å². The quantitative estimate of drug-likeness (QED) is 0.799. The molecular weight excluding hydrogens is 292 g/mol. The number of ether oxygens (including phenoxy) is 2. The van der Waals surface area contributed by atoms with Gasteiger partial charge in [-0.15, -0.1) is 0 Å². The number of aromatic nitrogens is 3. The Morgan fingerprint density at radius 1 is 1.09 bits per heavy atom. The summed E-state index contributed by atoms with van der Waals surface area (Å²) in [6, 6.07) is 7.89. The first-order valence-electron chi connectivity index (χ1n) is 7.77. The molecular formula is C17H18N4O2. The van der Waals surface area contributed by atoms with Gasteiger partial charge in [-0.2, -0.15) is 0 Å². The van der Waals surface area contributed by atoms with E-state index in [9.17, 15) is 0 Å². The van der Waals surface area contributed by atoms with E-state index in [0.29, 0.717) is 19.8 Å². The van der Waals surface area contributed by atoms with Crippen molar-refractivity contribution in [2.24, 2.45) is 5.73 Å². The minimum absolute atomic E-state index is 0.573. The average Bonchev–Trinajstić information content (AvgIpc) is 2.96. The summed E-state index contributed by atoms with van der Waals surface area (Å²) in [6.45, 7) is 2.60. The van der Waals surface area contributed by atoms with Crippen LogP contribution in [0.1, 0.15) is 6.42 Å². The van der Waals surface area contributed by atoms with Crippen LogP contribution >= 0.6 is 0 Å². The fourth-order valence-corrected chi connectivity index (χ4v) is 2.86. The SMILES string of the molecule is NCCCn1c(-c2ccncc2)nc2cc3c(cc21)OCCO3. The van der Waals surface area contributed by atoms with Gasteiger partial charge in [0.05, 0.1) is 11.0 Å². The molecule has 23 heavy (non-hydrogen) atoms. The minimum atomic E-state index is 0.573. The van der Waals surface area contributed by atoms with Crippen molar-refractivity contribution in [3.8, 4) is 22.9 Å². The van der Waals surface area contributed by atoms with Crippen molar-refractivity contribution in [1.82, 2.24) is 14.5 Å². The zero-order valence-electron chi connectivity index (χ0n) is 12.7. The van der Waals surface area contributed by atoms with E-state index < -0.39 is 0 Å². The lowest BCUT2D eigenvalue weighted by Gasteiger charge is -2.18. The number of benzene rings is 1. The van der Waals surface area contributed by atoms with Gasteiger partial charge >= 0.3 is 0 Å². The maximum Gasteiger partial charge on any atom is 0.163 e. The van der Waals surface area contributed by atoms with Crippen LogP contribution in [0.5, 0.6) is 11.5 Å². The Morgan fingerprint density at radius 3 is 2.57 bits per heavy atom. The molecule has 3 aromatic rings. The number of rotatable bonds is 4. The van der Waals surface area contributed by atoms with E-state index in [2.05, 4.69) is 9.55 Å². The molecule has 0 amide bonds. The Bertz CT molecular complexity index is 829. The van der Waals surface area contributed by atoms with Crippen molar-refractivity contribution in [3.63, 3.8) is 0 Å². The topological polar surface area (TPSA) is 75.2 Å². The zero-order valence-corrected chi connectivity index (χ0v) is 12.7. The van der Waals surface area contributed by atoms with Gasteiger partial charge in [-0.3, -0.25) is 4.98 Å². The van der Waals surface area contributed by atoms with Gasteiger partial charge in [0, 0.05) is 36.6 Å². The third-order valence-electron chi connectivity index (χ3n) is 3.94. The van der Waals surface area contributed by atoms with E-state index in [-0.39, 0.29) is 0 Å². The monoisotopic (exact) mass is 310 g/mol. The molecule has 3 heterocycles. The van der Waals surface area contributed by atoms with Gasteiger partial charge in [0.1, 0.15) is 19.0 Å². The van der Waals surface area contributed by atoms with Gasteiger partial charge in [0.25, 0.3) is 0 Å². The third kappa shape index (κ3) is 2.51. The lowest BCUT2D eigenvalue weighted by atomic mass is 10.2. The second-order valence-corrected chi connectivity index (χ2v) is 5.45. The summed E-state index contributed by atoms with van der Waals surface area (Å²) in [5.74, 6) is 2.45. The molecule has 4 rings (SSSR count). The van der Waals surface area contributed by atoms with E-state index in [1.54, 1.807) is 12.4 Å². The first kappa shape index (κ1) is 14.0. The lowest BCUT2D eigenvalue weighted by Crippen LogP contribution is -2.15. The highest BCUT2D eigenvalue weighted by atomic mass is 16.6. The highest BCUT2D eigenvalue weighted by Crippen LogP contribution is 2.36. The molecule has 6 heteroatoms. The molecule has 0 spiro atoms. The predicted octanol–water partition coefficient (Wildman–Crippen LogP) is 2.22. The third-order valence-corrected chi connectivity index (χ3v) is 3.94. The summed E-state index contributed by atoms with van der Waals surface area (Å²) >= 11 is 0. The minimum Gasteiger partial charge on any atom is -0.486 e. The van der Waals surface area contributed by atoms with Crippen LogP contribution in [0.2, 0.25) is 0 Å². The predicted molar refractivity (Wildman–Crippen MR) is 87.6 cm³/mol. The molecule has 0 saturated heterocycles. The fraction of sp³-hybridized carbons (Fsp3) is 0.294. The smallest absolute Gasteiger partial charge is 0.163 e. The molecule has 0 unspecified atom stereocenters. The highest BCUT2D eigenvalue weighted by Gasteiger charge is 2.18. The Kier molecular flexibility index (Phi) is 3.59. The number of nitrogens with zero attached hydrogens (tertiary/aromatic N) is 3. The average molecular weight is 310 g/mol. The molecule has 2 N–H and O–H groups in total. The number of hydrogen-bond acceptors (Lipinski definition) is 5. The molecule has 0 radical (unpaired) electrons. The molecule has 0 atom stereocenters. The van der Waals surface area contributed by atoms with E-state index in [1.807, 2.05) is 24.3 Å². The number of pyridine rings is 1.